The number of carbonyl (C=O) groups is 1. The molecule has 0 radical (unpaired) electrons. The summed E-state index contributed by atoms with van der Waals surface area (Å²) in [6.45, 7) is 1.72. The van der Waals surface area contributed by atoms with E-state index in [9.17, 15) is 23.1 Å². The molecule has 0 unspecified atom stereocenters. The summed E-state index contributed by atoms with van der Waals surface area (Å²) < 4.78 is 36.9. The number of carbonyl (C=O) groups excluding carboxylic acids is 1. The van der Waals surface area contributed by atoms with Gasteiger partial charge in [-0.2, -0.15) is 13.2 Å². The van der Waals surface area contributed by atoms with Gasteiger partial charge in [0.15, 0.2) is 0 Å². The van der Waals surface area contributed by atoms with Crippen LogP contribution in [-0.4, -0.2) is 59.7 Å². The summed E-state index contributed by atoms with van der Waals surface area (Å²) >= 11 is 0. The van der Waals surface area contributed by atoms with Gasteiger partial charge in [0, 0.05) is 31.7 Å². The summed E-state index contributed by atoms with van der Waals surface area (Å²) in [7, 11) is 0. The summed E-state index contributed by atoms with van der Waals surface area (Å²) in [5, 5.41) is 9.44. The third kappa shape index (κ3) is 4.10. The minimum Gasteiger partial charge on any atom is -0.508 e. The number of hydrogen-bond acceptors (Lipinski definition) is 3. The van der Waals surface area contributed by atoms with Gasteiger partial charge in [-0.25, -0.2) is 0 Å². The van der Waals surface area contributed by atoms with Crippen LogP contribution in [0.5, 0.6) is 5.75 Å². The van der Waals surface area contributed by atoms with E-state index in [1.165, 1.54) is 17.0 Å². The Labute approximate surface area is 120 Å². The highest BCUT2D eigenvalue weighted by atomic mass is 19.4. The zero-order valence-corrected chi connectivity index (χ0v) is 11.7. The fraction of sp³-hybridized carbons (Fsp3) is 0.500. The number of rotatable bonds is 2. The molecule has 1 fully saturated rings. The molecule has 1 aromatic rings. The van der Waals surface area contributed by atoms with E-state index in [2.05, 4.69) is 0 Å². The third-order valence-corrected chi connectivity index (χ3v) is 3.51. The Morgan fingerprint density at radius 1 is 1.24 bits per heavy atom. The number of phenols is 1. The second kappa shape index (κ2) is 5.93. The van der Waals surface area contributed by atoms with Crippen molar-refractivity contribution in [2.75, 3.05) is 32.7 Å². The van der Waals surface area contributed by atoms with Crippen LogP contribution in [-0.2, 0) is 0 Å². The van der Waals surface area contributed by atoms with Gasteiger partial charge >= 0.3 is 6.18 Å². The summed E-state index contributed by atoms with van der Waals surface area (Å²) in [6.07, 6.45) is -4.21. The summed E-state index contributed by atoms with van der Waals surface area (Å²) in [5.74, 6) is -0.105. The van der Waals surface area contributed by atoms with E-state index < -0.39 is 12.7 Å². The molecule has 21 heavy (non-hydrogen) atoms. The first-order chi connectivity index (χ1) is 9.76. The lowest BCUT2D eigenvalue weighted by atomic mass is 10.1. The highest BCUT2D eigenvalue weighted by Gasteiger charge is 2.32. The number of nitrogens with zero attached hydrogens (tertiary/aromatic N) is 2. The lowest BCUT2D eigenvalue weighted by Crippen LogP contribution is -2.50. The smallest absolute Gasteiger partial charge is 0.401 e. The Bertz CT molecular complexity index is 523. The fourth-order valence-corrected chi connectivity index (χ4v) is 2.33. The Balaban J connectivity index is 1.95. The van der Waals surface area contributed by atoms with E-state index >= 15 is 0 Å². The summed E-state index contributed by atoms with van der Waals surface area (Å²) in [4.78, 5) is 15.1. The molecule has 0 bridgehead atoms. The molecule has 1 aromatic carbocycles. The van der Waals surface area contributed by atoms with Gasteiger partial charge < -0.3 is 10.0 Å². The van der Waals surface area contributed by atoms with Crippen LogP contribution < -0.4 is 0 Å². The van der Waals surface area contributed by atoms with Crippen LogP contribution >= 0.6 is 0 Å². The largest absolute Gasteiger partial charge is 0.508 e. The van der Waals surface area contributed by atoms with Gasteiger partial charge in [0.1, 0.15) is 5.75 Å². The first kappa shape index (κ1) is 15.6. The van der Waals surface area contributed by atoms with Crippen LogP contribution in [0.3, 0.4) is 0 Å². The average Bonchev–Trinajstić information content (AvgIpc) is 2.40. The molecule has 116 valence electrons. The SMILES string of the molecule is Cc1cc(C(=O)N2CCN(CC(F)(F)F)CC2)ccc1O. The van der Waals surface area contributed by atoms with Crippen LogP contribution in [0.25, 0.3) is 0 Å². The van der Waals surface area contributed by atoms with Crippen molar-refractivity contribution in [2.24, 2.45) is 0 Å². The molecular weight excluding hydrogens is 285 g/mol. The predicted molar refractivity (Wildman–Crippen MR) is 71.2 cm³/mol. The molecular formula is C14H17F3N2O2. The second-order valence-corrected chi connectivity index (χ2v) is 5.18. The molecule has 1 aliphatic heterocycles. The monoisotopic (exact) mass is 302 g/mol. The maximum atomic E-state index is 12.3. The second-order valence-electron chi connectivity index (χ2n) is 5.18. The molecule has 0 spiro atoms. The summed E-state index contributed by atoms with van der Waals surface area (Å²) in [6, 6.07) is 4.55. The minimum atomic E-state index is -4.21. The predicted octanol–water partition coefficient (Wildman–Crippen LogP) is 2.02. The van der Waals surface area contributed by atoms with E-state index in [0.29, 0.717) is 11.1 Å². The molecule has 0 aliphatic carbocycles. The normalized spacial score (nSPS) is 17.0. The number of benzene rings is 1. The van der Waals surface area contributed by atoms with E-state index in [1.54, 1.807) is 17.9 Å². The van der Waals surface area contributed by atoms with Gasteiger partial charge in [0.25, 0.3) is 5.91 Å². The fourth-order valence-electron chi connectivity index (χ4n) is 2.33. The molecule has 4 nitrogen and oxygen atoms in total. The number of halogens is 3. The van der Waals surface area contributed by atoms with E-state index in [4.69, 9.17) is 0 Å². The Kier molecular flexibility index (Phi) is 4.41. The Hall–Kier alpha value is -1.76. The molecule has 0 atom stereocenters. The van der Waals surface area contributed by atoms with Crippen molar-refractivity contribution in [3.05, 3.63) is 29.3 Å². The zero-order valence-electron chi connectivity index (χ0n) is 11.7. The standard InChI is InChI=1S/C14H17F3N2O2/c1-10-8-11(2-3-12(10)20)13(21)19-6-4-18(5-7-19)9-14(15,16)17/h2-3,8,20H,4-7,9H2,1H3. The lowest BCUT2D eigenvalue weighted by molar-refractivity contribution is -0.148. The molecule has 1 aliphatic rings. The van der Waals surface area contributed by atoms with Crippen LogP contribution in [0.15, 0.2) is 18.2 Å². The number of aromatic hydroxyl groups is 1. The Morgan fingerprint density at radius 3 is 2.38 bits per heavy atom. The zero-order chi connectivity index (χ0) is 15.6. The van der Waals surface area contributed by atoms with Crippen LogP contribution in [0, 0.1) is 6.92 Å². The maximum Gasteiger partial charge on any atom is 0.401 e. The van der Waals surface area contributed by atoms with Crippen molar-refractivity contribution in [3.63, 3.8) is 0 Å². The van der Waals surface area contributed by atoms with Crippen molar-refractivity contribution < 1.29 is 23.1 Å². The molecule has 2 rings (SSSR count). The quantitative estimate of drug-likeness (QED) is 0.909. The minimum absolute atomic E-state index is 0.113. The molecule has 1 N–H and O–H groups in total. The molecule has 1 saturated heterocycles. The van der Waals surface area contributed by atoms with Crippen LogP contribution in [0.4, 0.5) is 13.2 Å². The van der Waals surface area contributed by atoms with Gasteiger partial charge in [0.2, 0.25) is 0 Å². The molecule has 0 aromatic heterocycles. The van der Waals surface area contributed by atoms with E-state index in [0.717, 1.165) is 0 Å². The molecule has 1 heterocycles. The van der Waals surface area contributed by atoms with Gasteiger partial charge in [-0.05, 0) is 30.7 Å². The van der Waals surface area contributed by atoms with Crippen molar-refractivity contribution in [1.82, 2.24) is 9.80 Å². The van der Waals surface area contributed by atoms with E-state index in [1.807, 2.05) is 0 Å². The number of hydrogen-bond donors (Lipinski definition) is 1. The number of alkyl halides is 3. The average molecular weight is 302 g/mol. The molecule has 7 heteroatoms. The number of amides is 1. The number of aryl methyl sites for hydroxylation is 1. The van der Waals surface area contributed by atoms with Crippen molar-refractivity contribution in [1.29, 1.82) is 0 Å². The highest BCUT2D eigenvalue weighted by molar-refractivity contribution is 5.94. The highest BCUT2D eigenvalue weighted by Crippen LogP contribution is 2.20. The van der Waals surface area contributed by atoms with Crippen molar-refractivity contribution in [2.45, 2.75) is 13.1 Å². The molecule has 1 amide bonds. The van der Waals surface area contributed by atoms with Gasteiger partial charge in [0.05, 0.1) is 6.54 Å². The first-order valence-corrected chi connectivity index (χ1v) is 6.64. The van der Waals surface area contributed by atoms with Crippen molar-refractivity contribution in [3.8, 4) is 5.75 Å². The molecule has 0 saturated carbocycles. The van der Waals surface area contributed by atoms with Gasteiger partial charge in [-0.3, -0.25) is 9.69 Å². The van der Waals surface area contributed by atoms with Gasteiger partial charge in [-0.1, -0.05) is 0 Å². The maximum absolute atomic E-state index is 12.3. The topological polar surface area (TPSA) is 43.8 Å². The van der Waals surface area contributed by atoms with Crippen LogP contribution in [0.2, 0.25) is 0 Å². The first-order valence-electron chi connectivity index (χ1n) is 6.64. The Morgan fingerprint density at radius 2 is 1.86 bits per heavy atom. The number of phenolic OH excluding ortho intramolecular Hbond substituents is 1. The number of piperazine rings is 1. The van der Waals surface area contributed by atoms with E-state index in [-0.39, 0.29) is 37.8 Å². The lowest BCUT2D eigenvalue weighted by Gasteiger charge is -2.35. The van der Waals surface area contributed by atoms with Gasteiger partial charge in [-0.15, -0.1) is 0 Å². The van der Waals surface area contributed by atoms with Crippen molar-refractivity contribution >= 4 is 5.91 Å². The van der Waals surface area contributed by atoms with Crippen LogP contribution in [0.1, 0.15) is 15.9 Å². The third-order valence-electron chi connectivity index (χ3n) is 3.51. The summed E-state index contributed by atoms with van der Waals surface area (Å²) in [5.41, 5.74) is 1.03.